The van der Waals surface area contributed by atoms with Crippen LogP contribution in [0.4, 0.5) is 0 Å². The molecule has 1 aromatic rings. The average Bonchev–Trinajstić information content (AvgIpc) is 2.29. The highest BCUT2D eigenvalue weighted by molar-refractivity contribution is 7.80. The van der Waals surface area contributed by atoms with E-state index in [1.807, 2.05) is 25.1 Å². The summed E-state index contributed by atoms with van der Waals surface area (Å²) in [4.78, 5) is 12.8. The molecule has 1 heterocycles. The quantitative estimate of drug-likeness (QED) is 0.791. The number of carbonyl (C=O) groups is 1. The Bertz CT molecular complexity index is 414. The molecule has 1 saturated heterocycles. The molecular weight excluding hydrogens is 234 g/mol. The van der Waals surface area contributed by atoms with E-state index in [0.29, 0.717) is 17.1 Å². The van der Waals surface area contributed by atoms with Crippen molar-refractivity contribution < 1.29 is 9.53 Å². The van der Waals surface area contributed by atoms with E-state index in [0.717, 1.165) is 19.4 Å². The van der Waals surface area contributed by atoms with Gasteiger partial charge in [0.1, 0.15) is 0 Å². The molecule has 1 aliphatic heterocycles. The summed E-state index contributed by atoms with van der Waals surface area (Å²) in [6.45, 7) is 3.38. The van der Waals surface area contributed by atoms with Gasteiger partial charge in [0.15, 0.2) is 0 Å². The van der Waals surface area contributed by atoms with Crippen molar-refractivity contribution in [3.63, 3.8) is 0 Å². The SMILES string of the molecule is CC1(NC(=O)c2ccccc2S)CCCOC1. The molecule has 1 fully saturated rings. The number of thiol groups is 1. The largest absolute Gasteiger partial charge is 0.379 e. The first-order chi connectivity index (χ1) is 8.11. The fourth-order valence-electron chi connectivity index (χ4n) is 2.04. The Labute approximate surface area is 107 Å². The summed E-state index contributed by atoms with van der Waals surface area (Å²) in [6, 6.07) is 7.31. The molecule has 1 unspecified atom stereocenters. The lowest BCUT2D eigenvalue weighted by Crippen LogP contribution is -2.51. The van der Waals surface area contributed by atoms with Crippen molar-refractivity contribution >= 4 is 18.5 Å². The number of carbonyl (C=O) groups excluding carboxylic acids is 1. The summed E-state index contributed by atoms with van der Waals surface area (Å²) in [5, 5.41) is 3.04. The number of amides is 1. The highest BCUT2D eigenvalue weighted by Gasteiger charge is 2.29. The zero-order valence-corrected chi connectivity index (χ0v) is 10.8. The molecule has 0 aliphatic carbocycles. The molecule has 1 atom stereocenters. The minimum atomic E-state index is -0.259. The Hall–Kier alpha value is -1.00. The molecule has 17 heavy (non-hydrogen) atoms. The van der Waals surface area contributed by atoms with E-state index in [1.54, 1.807) is 6.07 Å². The van der Waals surface area contributed by atoms with E-state index in [-0.39, 0.29) is 11.4 Å². The molecule has 0 radical (unpaired) electrons. The van der Waals surface area contributed by atoms with Crippen LogP contribution in [0.2, 0.25) is 0 Å². The molecule has 0 saturated carbocycles. The summed E-state index contributed by atoms with van der Waals surface area (Å²) < 4.78 is 5.42. The second-order valence-corrected chi connectivity index (χ2v) is 5.17. The maximum absolute atomic E-state index is 12.1. The number of nitrogens with one attached hydrogen (secondary N) is 1. The predicted molar refractivity (Wildman–Crippen MR) is 69.6 cm³/mol. The maximum Gasteiger partial charge on any atom is 0.252 e. The van der Waals surface area contributed by atoms with Crippen LogP contribution in [0.15, 0.2) is 29.2 Å². The topological polar surface area (TPSA) is 38.3 Å². The van der Waals surface area contributed by atoms with Crippen LogP contribution in [0.3, 0.4) is 0 Å². The van der Waals surface area contributed by atoms with Gasteiger partial charge < -0.3 is 10.1 Å². The van der Waals surface area contributed by atoms with Gasteiger partial charge in [-0.1, -0.05) is 12.1 Å². The molecule has 1 aromatic carbocycles. The van der Waals surface area contributed by atoms with Crippen LogP contribution < -0.4 is 5.32 Å². The van der Waals surface area contributed by atoms with Crippen LogP contribution in [-0.4, -0.2) is 24.7 Å². The summed E-state index contributed by atoms with van der Waals surface area (Å²) in [5.74, 6) is -0.0800. The van der Waals surface area contributed by atoms with Crippen LogP contribution >= 0.6 is 12.6 Å². The van der Waals surface area contributed by atoms with Gasteiger partial charge in [0, 0.05) is 11.5 Å². The first kappa shape index (κ1) is 12.5. The van der Waals surface area contributed by atoms with Gasteiger partial charge in [0.05, 0.1) is 17.7 Å². The van der Waals surface area contributed by atoms with Crippen LogP contribution in [-0.2, 0) is 4.74 Å². The number of rotatable bonds is 2. The second-order valence-electron chi connectivity index (χ2n) is 4.69. The number of hydrogen-bond donors (Lipinski definition) is 2. The van der Waals surface area contributed by atoms with Gasteiger partial charge in [-0.3, -0.25) is 4.79 Å². The molecule has 0 spiro atoms. The van der Waals surface area contributed by atoms with Gasteiger partial charge in [-0.2, -0.15) is 0 Å². The Balaban J connectivity index is 2.09. The van der Waals surface area contributed by atoms with Gasteiger partial charge in [-0.15, -0.1) is 12.6 Å². The van der Waals surface area contributed by atoms with E-state index in [2.05, 4.69) is 17.9 Å². The minimum absolute atomic E-state index is 0.0800. The summed E-state index contributed by atoms with van der Waals surface area (Å²) >= 11 is 4.29. The molecule has 0 aromatic heterocycles. The molecule has 1 N–H and O–H groups in total. The van der Waals surface area contributed by atoms with Gasteiger partial charge in [-0.25, -0.2) is 0 Å². The lowest BCUT2D eigenvalue weighted by atomic mass is 9.94. The van der Waals surface area contributed by atoms with Gasteiger partial charge in [0.25, 0.3) is 5.91 Å². The van der Waals surface area contributed by atoms with Crippen LogP contribution in [0, 0.1) is 0 Å². The van der Waals surface area contributed by atoms with Crippen molar-refractivity contribution in [1.82, 2.24) is 5.32 Å². The molecule has 3 nitrogen and oxygen atoms in total. The number of benzene rings is 1. The van der Waals surface area contributed by atoms with E-state index in [4.69, 9.17) is 4.74 Å². The molecular formula is C13H17NO2S. The molecule has 2 rings (SSSR count). The van der Waals surface area contributed by atoms with Gasteiger partial charge >= 0.3 is 0 Å². The molecule has 4 heteroatoms. The number of hydrogen-bond acceptors (Lipinski definition) is 3. The minimum Gasteiger partial charge on any atom is -0.379 e. The third kappa shape index (κ3) is 3.01. The fraction of sp³-hybridized carbons (Fsp3) is 0.462. The third-order valence-electron chi connectivity index (χ3n) is 3.00. The summed E-state index contributed by atoms with van der Waals surface area (Å²) in [5.41, 5.74) is 0.355. The predicted octanol–water partition coefficient (Wildman–Crippen LogP) is 2.27. The summed E-state index contributed by atoms with van der Waals surface area (Å²) in [7, 11) is 0. The van der Waals surface area contributed by atoms with E-state index in [9.17, 15) is 4.79 Å². The number of ether oxygens (including phenoxy) is 1. The zero-order valence-electron chi connectivity index (χ0n) is 9.90. The normalized spacial score (nSPS) is 24.4. The first-order valence-corrected chi connectivity index (χ1v) is 6.24. The van der Waals surface area contributed by atoms with Crippen LogP contribution in [0.25, 0.3) is 0 Å². The van der Waals surface area contributed by atoms with Gasteiger partial charge in [-0.05, 0) is 31.9 Å². The van der Waals surface area contributed by atoms with Gasteiger partial charge in [0.2, 0.25) is 0 Å². The Kier molecular flexibility index (Phi) is 3.74. The molecule has 92 valence electrons. The van der Waals surface area contributed by atoms with Crippen molar-refractivity contribution in [2.75, 3.05) is 13.2 Å². The van der Waals surface area contributed by atoms with Crippen molar-refractivity contribution in [2.45, 2.75) is 30.2 Å². The lowest BCUT2D eigenvalue weighted by Gasteiger charge is -2.34. The van der Waals surface area contributed by atoms with Crippen molar-refractivity contribution in [3.8, 4) is 0 Å². The fourth-order valence-corrected chi connectivity index (χ4v) is 2.30. The molecule has 1 aliphatic rings. The van der Waals surface area contributed by atoms with E-state index in [1.165, 1.54) is 0 Å². The Morgan fingerprint density at radius 1 is 1.47 bits per heavy atom. The second kappa shape index (κ2) is 5.10. The highest BCUT2D eigenvalue weighted by atomic mass is 32.1. The van der Waals surface area contributed by atoms with Crippen molar-refractivity contribution in [1.29, 1.82) is 0 Å². The van der Waals surface area contributed by atoms with Crippen LogP contribution in [0.5, 0.6) is 0 Å². The zero-order chi connectivity index (χ0) is 12.3. The maximum atomic E-state index is 12.1. The highest BCUT2D eigenvalue weighted by Crippen LogP contribution is 2.20. The van der Waals surface area contributed by atoms with E-state index < -0.39 is 0 Å². The molecule has 1 amide bonds. The monoisotopic (exact) mass is 251 g/mol. The van der Waals surface area contributed by atoms with Crippen molar-refractivity contribution in [3.05, 3.63) is 29.8 Å². The van der Waals surface area contributed by atoms with E-state index >= 15 is 0 Å². The molecule has 0 bridgehead atoms. The Morgan fingerprint density at radius 3 is 2.88 bits per heavy atom. The standard InChI is InChI=1S/C13H17NO2S/c1-13(7-4-8-16-9-13)14-12(15)10-5-2-3-6-11(10)17/h2-3,5-6,17H,4,7-9H2,1H3,(H,14,15). The van der Waals surface area contributed by atoms with Crippen LogP contribution in [0.1, 0.15) is 30.1 Å². The lowest BCUT2D eigenvalue weighted by molar-refractivity contribution is 0.0272. The smallest absolute Gasteiger partial charge is 0.252 e. The first-order valence-electron chi connectivity index (χ1n) is 5.79. The Morgan fingerprint density at radius 2 is 2.24 bits per heavy atom. The average molecular weight is 251 g/mol. The van der Waals surface area contributed by atoms with Crippen molar-refractivity contribution in [2.24, 2.45) is 0 Å². The summed E-state index contributed by atoms with van der Waals surface area (Å²) in [6.07, 6.45) is 1.94. The third-order valence-corrected chi connectivity index (χ3v) is 3.39.